The molecule has 0 unspecified atom stereocenters. The van der Waals surface area contributed by atoms with E-state index in [-0.39, 0.29) is 17.5 Å². The van der Waals surface area contributed by atoms with Crippen LogP contribution in [0.2, 0.25) is 0 Å². The van der Waals surface area contributed by atoms with Crippen LogP contribution in [-0.4, -0.2) is 23.7 Å². The smallest absolute Gasteiger partial charge is 0.335 e. The Morgan fingerprint density at radius 2 is 2.10 bits per heavy atom. The predicted molar refractivity (Wildman–Crippen MR) is 72.4 cm³/mol. The molecule has 0 spiro atoms. The summed E-state index contributed by atoms with van der Waals surface area (Å²) in [5.41, 5.74) is 1.84. The summed E-state index contributed by atoms with van der Waals surface area (Å²) in [5.74, 6) is -0.868. The number of carboxylic acids is 1. The Bertz CT molecular complexity index is 587. The third-order valence-electron chi connectivity index (χ3n) is 4.42. The van der Waals surface area contributed by atoms with Gasteiger partial charge in [-0.2, -0.15) is 0 Å². The summed E-state index contributed by atoms with van der Waals surface area (Å²) in [6.07, 6.45) is 2.12. The number of cyclic esters (lactones) is 1. The monoisotopic (exact) mass is 272 g/mol. The number of carbonyl (C=O) groups is 2. The third-order valence-corrected chi connectivity index (χ3v) is 4.42. The molecule has 3 rings (SSSR count). The molecule has 4 heteroatoms. The van der Waals surface area contributed by atoms with E-state index >= 15 is 0 Å². The van der Waals surface area contributed by atoms with E-state index in [9.17, 15) is 9.59 Å². The van der Waals surface area contributed by atoms with E-state index < -0.39 is 11.4 Å². The van der Waals surface area contributed by atoms with Crippen molar-refractivity contribution in [1.29, 1.82) is 0 Å². The summed E-state index contributed by atoms with van der Waals surface area (Å²) in [6.45, 7) is 4.49. The molecule has 2 aliphatic rings. The number of rotatable bonds is 3. The number of ether oxygens (including phenoxy) is 1. The Balaban J connectivity index is 1.87. The molecule has 1 aliphatic heterocycles. The van der Waals surface area contributed by atoms with Crippen molar-refractivity contribution >= 4 is 11.9 Å². The number of aromatic carboxylic acids is 1. The average molecular weight is 272 g/mol. The Kier molecular flexibility index (Phi) is 2.89. The molecule has 2 fully saturated rings. The summed E-state index contributed by atoms with van der Waals surface area (Å²) in [6, 6.07) is 6.71. The number of esters is 1. The van der Waals surface area contributed by atoms with Crippen LogP contribution in [0.4, 0.5) is 0 Å². The van der Waals surface area contributed by atoms with Gasteiger partial charge >= 0.3 is 11.9 Å². The van der Waals surface area contributed by atoms with E-state index in [1.807, 2.05) is 0 Å². The first-order chi connectivity index (χ1) is 9.51. The molecule has 104 valence electrons. The molecule has 0 amide bonds. The Labute approximate surface area is 117 Å². The highest BCUT2D eigenvalue weighted by atomic mass is 16.5. The fourth-order valence-electron chi connectivity index (χ4n) is 3.39. The summed E-state index contributed by atoms with van der Waals surface area (Å²) in [7, 11) is 0. The summed E-state index contributed by atoms with van der Waals surface area (Å²) < 4.78 is 5.23. The normalized spacial score (nSPS) is 28.3. The first-order valence-corrected chi connectivity index (χ1v) is 6.67. The fourth-order valence-corrected chi connectivity index (χ4v) is 3.39. The molecule has 0 aromatic heterocycles. The van der Waals surface area contributed by atoms with Gasteiger partial charge in [0.15, 0.2) is 0 Å². The predicted octanol–water partition coefficient (Wildman–Crippen LogP) is 2.44. The molecule has 1 saturated carbocycles. The zero-order chi connectivity index (χ0) is 14.3. The number of hydrogen-bond donors (Lipinski definition) is 1. The highest BCUT2D eigenvalue weighted by molar-refractivity contribution is 5.87. The van der Waals surface area contributed by atoms with Gasteiger partial charge in [0.25, 0.3) is 0 Å². The quantitative estimate of drug-likeness (QED) is 0.678. The Hall–Kier alpha value is -2.10. The molecular weight excluding hydrogens is 256 g/mol. The van der Waals surface area contributed by atoms with E-state index in [4.69, 9.17) is 9.84 Å². The van der Waals surface area contributed by atoms with Crippen molar-refractivity contribution < 1.29 is 19.4 Å². The lowest BCUT2D eigenvalue weighted by Crippen LogP contribution is -2.31. The van der Waals surface area contributed by atoms with Gasteiger partial charge in [-0.15, -0.1) is 0 Å². The zero-order valence-corrected chi connectivity index (χ0v) is 11.1. The van der Waals surface area contributed by atoms with Crippen LogP contribution in [0.1, 0.15) is 28.8 Å². The van der Waals surface area contributed by atoms with Crippen molar-refractivity contribution in [2.75, 3.05) is 6.61 Å². The molecule has 1 aliphatic carbocycles. The van der Waals surface area contributed by atoms with Gasteiger partial charge in [-0.1, -0.05) is 24.3 Å². The molecule has 1 N–H and O–H groups in total. The van der Waals surface area contributed by atoms with Gasteiger partial charge in [-0.25, -0.2) is 4.79 Å². The maximum absolute atomic E-state index is 12.1. The van der Waals surface area contributed by atoms with E-state index in [0.29, 0.717) is 19.4 Å². The van der Waals surface area contributed by atoms with E-state index in [1.165, 1.54) is 0 Å². The van der Waals surface area contributed by atoms with E-state index in [2.05, 4.69) is 6.58 Å². The molecule has 2 atom stereocenters. The fraction of sp³-hybridized carbons (Fsp3) is 0.375. The first kappa shape index (κ1) is 12.9. The number of fused-ring (bicyclic) bond motifs is 1. The van der Waals surface area contributed by atoms with Gasteiger partial charge in [0, 0.05) is 5.92 Å². The van der Waals surface area contributed by atoms with Crippen molar-refractivity contribution in [3.8, 4) is 0 Å². The summed E-state index contributed by atoms with van der Waals surface area (Å²) in [4.78, 5) is 23.0. The number of benzene rings is 1. The van der Waals surface area contributed by atoms with Crippen LogP contribution in [0.15, 0.2) is 36.4 Å². The number of hydrogen-bond acceptors (Lipinski definition) is 3. The topological polar surface area (TPSA) is 63.6 Å². The van der Waals surface area contributed by atoms with Gasteiger partial charge in [0.1, 0.15) is 0 Å². The lowest BCUT2D eigenvalue weighted by Gasteiger charge is -2.24. The summed E-state index contributed by atoms with van der Waals surface area (Å²) >= 11 is 0. The van der Waals surface area contributed by atoms with Crippen molar-refractivity contribution in [3.63, 3.8) is 0 Å². The minimum absolute atomic E-state index is 0.136. The standard InChI is InChI=1S/C16H16O4/c1-10-6-13-9-20-15(19)16(13,7-10)8-11-2-4-12(5-3-11)14(17)18/h2-5,13H,1,6-9H2,(H,17,18)/t13-,16+/m1/s1. The van der Waals surface area contributed by atoms with Crippen molar-refractivity contribution in [2.24, 2.45) is 11.3 Å². The highest BCUT2D eigenvalue weighted by Gasteiger charge is 2.55. The van der Waals surface area contributed by atoms with Gasteiger partial charge in [0.2, 0.25) is 0 Å². The van der Waals surface area contributed by atoms with E-state index in [1.54, 1.807) is 24.3 Å². The molecule has 0 bridgehead atoms. The van der Waals surface area contributed by atoms with Gasteiger partial charge in [-0.3, -0.25) is 4.79 Å². The maximum Gasteiger partial charge on any atom is 0.335 e. The molecule has 1 saturated heterocycles. The molecule has 1 heterocycles. The SMILES string of the molecule is C=C1C[C@@H]2COC(=O)[C@]2(Cc2ccc(C(=O)O)cc2)C1. The Morgan fingerprint density at radius 3 is 2.75 bits per heavy atom. The number of carbonyl (C=O) groups excluding carboxylic acids is 1. The van der Waals surface area contributed by atoms with Crippen LogP contribution >= 0.6 is 0 Å². The molecule has 1 aromatic rings. The van der Waals surface area contributed by atoms with E-state index in [0.717, 1.165) is 17.6 Å². The zero-order valence-electron chi connectivity index (χ0n) is 11.1. The minimum atomic E-state index is -0.942. The van der Waals surface area contributed by atoms with Crippen LogP contribution in [-0.2, 0) is 16.0 Å². The summed E-state index contributed by atoms with van der Waals surface area (Å²) in [5, 5.41) is 8.90. The van der Waals surface area contributed by atoms with Crippen LogP contribution in [0.3, 0.4) is 0 Å². The lowest BCUT2D eigenvalue weighted by atomic mass is 9.75. The highest BCUT2D eigenvalue weighted by Crippen LogP contribution is 2.52. The van der Waals surface area contributed by atoms with Gasteiger partial charge < -0.3 is 9.84 Å². The second-order valence-corrected chi connectivity index (χ2v) is 5.76. The Morgan fingerprint density at radius 1 is 1.40 bits per heavy atom. The third kappa shape index (κ3) is 1.92. The largest absolute Gasteiger partial charge is 0.478 e. The van der Waals surface area contributed by atoms with Crippen molar-refractivity contribution in [3.05, 3.63) is 47.5 Å². The first-order valence-electron chi connectivity index (χ1n) is 6.67. The second kappa shape index (κ2) is 4.47. The van der Waals surface area contributed by atoms with Gasteiger partial charge in [0.05, 0.1) is 17.6 Å². The van der Waals surface area contributed by atoms with Crippen LogP contribution in [0.25, 0.3) is 0 Å². The number of carboxylic acid groups (broad SMARTS) is 1. The van der Waals surface area contributed by atoms with Crippen LogP contribution in [0.5, 0.6) is 0 Å². The molecule has 20 heavy (non-hydrogen) atoms. The van der Waals surface area contributed by atoms with Crippen LogP contribution in [0, 0.1) is 11.3 Å². The number of allylic oxidation sites excluding steroid dienone is 1. The van der Waals surface area contributed by atoms with Crippen molar-refractivity contribution in [1.82, 2.24) is 0 Å². The molecular formula is C16H16O4. The molecule has 1 aromatic carbocycles. The average Bonchev–Trinajstić information content (AvgIpc) is 2.86. The molecule has 4 nitrogen and oxygen atoms in total. The van der Waals surface area contributed by atoms with Crippen molar-refractivity contribution in [2.45, 2.75) is 19.3 Å². The second-order valence-electron chi connectivity index (χ2n) is 5.76. The van der Waals surface area contributed by atoms with Crippen LogP contribution < -0.4 is 0 Å². The van der Waals surface area contributed by atoms with Gasteiger partial charge in [-0.05, 0) is 37.0 Å². The lowest BCUT2D eigenvalue weighted by molar-refractivity contribution is -0.146. The minimum Gasteiger partial charge on any atom is -0.478 e. The maximum atomic E-state index is 12.1. The molecule has 0 radical (unpaired) electrons.